The van der Waals surface area contributed by atoms with Crippen LogP contribution in [-0.4, -0.2) is 21.0 Å². The molecule has 8 heteroatoms. The van der Waals surface area contributed by atoms with Crippen molar-refractivity contribution in [1.29, 1.82) is 0 Å². The zero-order chi connectivity index (χ0) is 22.9. The van der Waals surface area contributed by atoms with Gasteiger partial charge in [0.25, 0.3) is 5.91 Å². The second-order valence-corrected chi connectivity index (χ2v) is 10.2. The van der Waals surface area contributed by atoms with E-state index in [1.165, 1.54) is 31.2 Å². The topological polar surface area (TPSA) is 53.2 Å². The molecule has 0 aromatic heterocycles. The zero-order valence-electron chi connectivity index (χ0n) is 17.7. The predicted molar refractivity (Wildman–Crippen MR) is 136 cm³/mol. The second-order valence-electron chi connectivity index (χ2n) is 7.42. The first-order chi connectivity index (χ1) is 14.7. The van der Waals surface area contributed by atoms with Crippen molar-refractivity contribution in [3.8, 4) is 0 Å². The largest absolute Gasteiger partial charge is 0.339 e. The summed E-state index contributed by atoms with van der Waals surface area (Å²) in [4.78, 5) is 12.5. The summed E-state index contributed by atoms with van der Waals surface area (Å²) in [6, 6.07) is 15.2. The fourth-order valence-corrected chi connectivity index (χ4v) is 3.49. The molecule has 31 heavy (non-hydrogen) atoms. The Labute approximate surface area is 205 Å². The molecule has 4 nitrogen and oxygen atoms in total. The molecule has 0 unspecified atom stereocenters. The van der Waals surface area contributed by atoms with E-state index in [9.17, 15) is 4.79 Å². The number of carbonyl (C=O) groups is 1. The summed E-state index contributed by atoms with van der Waals surface area (Å²) in [7, 11) is 0. The van der Waals surface area contributed by atoms with Crippen molar-refractivity contribution in [2.45, 2.75) is 55.9 Å². The Morgan fingerprint density at radius 2 is 1.61 bits per heavy atom. The van der Waals surface area contributed by atoms with E-state index in [4.69, 9.17) is 47.0 Å². The molecule has 2 aromatic rings. The van der Waals surface area contributed by atoms with Crippen LogP contribution in [0.2, 0.25) is 0 Å². The van der Waals surface area contributed by atoms with Crippen LogP contribution in [0.4, 0.5) is 5.69 Å². The van der Waals surface area contributed by atoms with E-state index in [0.717, 1.165) is 17.7 Å². The summed E-state index contributed by atoms with van der Waals surface area (Å²) in [5, 5.41) is 8.85. The highest BCUT2D eigenvalue weighted by Crippen LogP contribution is 2.29. The molecular weight excluding hydrogens is 473 g/mol. The van der Waals surface area contributed by atoms with Gasteiger partial charge in [0.05, 0.1) is 0 Å². The van der Waals surface area contributed by atoms with Gasteiger partial charge in [-0.25, -0.2) is 0 Å². The third-order valence-corrected chi connectivity index (χ3v) is 5.60. The van der Waals surface area contributed by atoms with E-state index in [1.54, 1.807) is 12.1 Å². The van der Waals surface area contributed by atoms with Crippen LogP contribution in [0.15, 0.2) is 48.5 Å². The lowest BCUT2D eigenvalue weighted by Crippen LogP contribution is -2.56. The summed E-state index contributed by atoms with van der Waals surface area (Å²) in [5.41, 5.74) is 3.60. The summed E-state index contributed by atoms with van der Waals surface area (Å²) in [6.07, 6.45) is 4.97. The molecule has 0 aliphatic heterocycles. The number of benzene rings is 2. The molecule has 3 N–H and O–H groups in total. The van der Waals surface area contributed by atoms with Crippen LogP contribution < -0.4 is 16.0 Å². The number of carbonyl (C=O) groups excluding carboxylic acids is 1. The summed E-state index contributed by atoms with van der Waals surface area (Å²) in [6.45, 7) is 4.15. The summed E-state index contributed by atoms with van der Waals surface area (Å²) >= 11 is 23.5. The smallest absolute Gasteiger partial charge is 0.252 e. The number of rotatable bonds is 9. The molecule has 0 bridgehead atoms. The van der Waals surface area contributed by atoms with Gasteiger partial charge in [-0.2, -0.15) is 0 Å². The van der Waals surface area contributed by atoms with Gasteiger partial charge in [-0.05, 0) is 61.8 Å². The molecule has 0 heterocycles. The Balaban J connectivity index is 1.93. The average Bonchev–Trinajstić information content (AvgIpc) is 2.71. The normalized spacial score (nSPS) is 12.2. The van der Waals surface area contributed by atoms with E-state index in [1.807, 2.05) is 31.2 Å². The maximum absolute atomic E-state index is 12.5. The van der Waals surface area contributed by atoms with Crippen LogP contribution in [0.1, 0.15) is 54.1 Å². The highest BCUT2D eigenvalue weighted by molar-refractivity contribution is 7.80. The van der Waals surface area contributed by atoms with Gasteiger partial charge < -0.3 is 16.0 Å². The van der Waals surface area contributed by atoms with Gasteiger partial charge in [0.15, 0.2) is 5.11 Å². The molecule has 0 aliphatic carbocycles. The molecule has 0 fully saturated rings. The van der Waals surface area contributed by atoms with E-state index in [0.29, 0.717) is 5.56 Å². The van der Waals surface area contributed by atoms with Crippen LogP contribution in [0, 0.1) is 6.92 Å². The molecule has 1 amide bonds. The van der Waals surface area contributed by atoms with Gasteiger partial charge in [-0.3, -0.25) is 4.79 Å². The number of amides is 1. The third kappa shape index (κ3) is 9.24. The lowest BCUT2D eigenvalue weighted by molar-refractivity contribution is 0.0934. The maximum atomic E-state index is 12.5. The molecule has 0 aliphatic rings. The Bertz CT molecular complexity index is 852. The second kappa shape index (κ2) is 12.5. The van der Waals surface area contributed by atoms with Crippen molar-refractivity contribution in [1.82, 2.24) is 10.6 Å². The van der Waals surface area contributed by atoms with Gasteiger partial charge in [0.1, 0.15) is 6.17 Å². The van der Waals surface area contributed by atoms with Crippen molar-refractivity contribution >= 4 is 63.7 Å². The van der Waals surface area contributed by atoms with Crippen LogP contribution in [-0.2, 0) is 6.42 Å². The van der Waals surface area contributed by atoms with Gasteiger partial charge in [0.2, 0.25) is 3.79 Å². The van der Waals surface area contributed by atoms with Crippen molar-refractivity contribution in [2.24, 2.45) is 0 Å². The number of aryl methyl sites for hydroxylation is 2. The maximum Gasteiger partial charge on any atom is 0.252 e. The number of anilines is 1. The Morgan fingerprint density at radius 1 is 0.968 bits per heavy atom. The Kier molecular flexibility index (Phi) is 10.4. The number of alkyl halides is 3. The highest BCUT2D eigenvalue weighted by Gasteiger charge is 2.34. The van der Waals surface area contributed by atoms with Crippen molar-refractivity contribution < 1.29 is 4.79 Å². The van der Waals surface area contributed by atoms with E-state index < -0.39 is 9.96 Å². The Hall–Kier alpha value is -1.53. The van der Waals surface area contributed by atoms with Gasteiger partial charge in [-0.15, -0.1) is 0 Å². The van der Waals surface area contributed by atoms with Crippen molar-refractivity contribution in [3.05, 3.63) is 65.2 Å². The fraction of sp³-hybridized carbons (Fsp3) is 0.391. The standard InChI is InChI=1S/C23H28Cl3N3OS/c1-3-4-5-6-7-17-10-14-19(15-11-17)27-22(31)29-21(23(24,25)26)28-20(30)18-12-8-16(2)9-13-18/h8-15,21H,3-7H2,1-2H3,(H,28,30)(H2,27,29,31)/t21-/m0/s1. The predicted octanol–water partition coefficient (Wildman–Crippen LogP) is 6.53. The number of hydrogen-bond donors (Lipinski definition) is 3. The fourth-order valence-electron chi connectivity index (χ4n) is 2.93. The van der Waals surface area contributed by atoms with Crippen LogP contribution in [0.25, 0.3) is 0 Å². The molecule has 168 valence electrons. The van der Waals surface area contributed by atoms with E-state index >= 15 is 0 Å². The molecule has 0 saturated heterocycles. The van der Waals surface area contributed by atoms with Gasteiger partial charge in [0, 0.05) is 11.3 Å². The first-order valence-electron chi connectivity index (χ1n) is 10.3. The molecule has 2 aromatic carbocycles. The van der Waals surface area contributed by atoms with Crippen molar-refractivity contribution in [2.75, 3.05) is 5.32 Å². The molecule has 0 radical (unpaired) electrons. The molecule has 2 rings (SSSR count). The van der Waals surface area contributed by atoms with Crippen LogP contribution >= 0.6 is 47.0 Å². The molecular formula is C23H28Cl3N3OS. The van der Waals surface area contributed by atoms with E-state index in [-0.39, 0.29) is 11.0 Å². The minimum Gasteiger partial charge on any atom is -0.339 e. The van der Waals surface area contributed by atoms with Crippen LogP contribution in [0.5, 0.6) is 0 Å². The zero-order valence-corrected chi connectivity index (χ0v) is 20.8. The first-order valence-corrected chi connectivity index (χ1v) is 11.8. The van der Waals surface area contributed by atoms with Crippen molar-refractivity contribution in [3.63, 3.8) is 0 Å². The lowest BCUT2D eigenvalue weighted by atomic mass is 10.1. The minimum absolute atomic E-state index is 0.233. The Morgan fingerprint density at radius 3 is 2.19 bits per heavy atom. The number of nitrogens with one attached hydrogen (secondary N) is 3. The number of hydrogen-bond acceptors (Lipinski definition) is 2. The first kappa shape index (κ1) is 25.7. The lowest BCUT2D eigenvalue weighted by Gasteiger charge is -2.27. The summed E-state index contributed by atoms with van der Waals surface area (Å²) < 4.78 is -1.81. The third-order valence-electron chi connectivity index (χ3n) is 4.72. The average molecular weight is 501 g/mol. The number of unbranched alkanes of at least 4 members (excludes halogenated alkanes) is 3. The highest BCUT2D eigenvalue weighted by atomic mass is 35.6. The summed E-state index contributed by atoms with van der Waals surface area (Å²) in [5.74, 6) is -0.376. The number of halogens is 3. The molecule has 0 spiro atoms. The minimum atomic E-state index is -1.81. The number of thiocarbonyl (C=S) groups is 1. The van der Waals surface area contributed by atoms with Gasteiger partial charge >= 0.3 is 0 Å². The molecule has 1 atom stereocenters. The molecule has 0 saturated carbocycles. The van der Waals surface area contributed by atoms with Gasteiger partial charge in [-0.1, -0.05) is 90.8 Å². The SMILES string of the molecule is CCCCCCc1ccc(NC(=S)N[C@H](NC(=O)c2ccc(C)cc2)C(Cl)(Cl)Cl)cc1. The quantitative estimate of drug-likeness (QED) is 0.158. The van der Waals surface area contributed by atoms with E-state index in [2.05, 4.69) is 35.0 Å². The monoisotopic (exact) mass is 499 g/mol. The van der Waals surface area contributed by atoms with Crippen LogP contribution in [0.3, 0.4) is 0 Å².